The zero-order chi connectivity index (χ0) is 27.0. The number of halogens is 3. The van der Waals surface area contributed by atoms with Crippen LogP contribution in [-0.2, 0) is 27.5 Å². The minimum Gasteiger partial charge on any atom is -0.476 e. The van der Waals surface area contributed by atoms with Crippen molar-refractivity contribution >= 4 is 28.3 Å². The van der Waals surface area contributed by atoms with Crippen LogP contribution in [0.15, 0.2) is 42.5 Å². The molecule has 0 N–H and O–H groups in total. The first-order valence-corrected chi connectivity index (χ1v) is 12.2. The van der Waals surface area contributed by atoms with Gasteiger partial charge in [-0.3, -0.25) is 14.3 Å². The molecule has 0 spiro atoms. The number of imide groups is 1. The van der Waals surface area contributed by atoms with Crippen LogP contribution in [0.5, 0.6) is 5.88 Å². The minimum absolute atomic E-state index is 0.0329. The highest BCUT2D eigenvalue weighted by Crippen LogP contribution is 2.62. The molecule has 3 saturated heterocycles. The molecule has 196 valence electrons. The van der Waals surface area contributed by atoms with Crippen molar-refractivity contribution < 1.29 is 32.2 Å². The van der Waals surface area contributed by atoms with Crippen LogP contribution in [-0.4, -0.2) is 39.4 Å². The molecule has 4 heterocycles. The quantitative estimate of drug-likeness (QED) is 0.460. The van der Waals surface area contributed by atoms with E-state index in [1.807, 2.05) is 6.92 Å². The summed E-state index contributed by atoms with van der Waals surface area (Å²) in [5.41, 5.74) is -1.89. The van der Waals surface area contributed by atoms with Crippen molar-refractivity contribution in [3.05, 3.63) is 53.7 Å². The van der Waals surface area contributed by atoms with Crippen LogP contribution < -0.4 is 9.64 Å². The van der Waals surface area contributed by atoms with E-state index in [0.717, 1.165) is 6.07 Å². The lowest BCUT2D eigenvalue weighted by atomic mass is 9.67. The fourth-order valence-corrected chi connectivity index (χ4v) is 6.53. The van der Waals surface area contributed by atoms with Crippen molar-refractivity contribution in [3.8, 4) is 11.9 Å². The van der Waals surface area contributed by atoms with Gasteiger partial charge >= 0.3 is 6.18 Å². The number of alkyl halides is 3. The number of aryl methyl sites for hydroxylation is 1. The average molecular weight is 524 g/mol. The van der Waals surface area contributed by atoms with Crippen molar-refractivity contribution in [3.63, 3.8) is 0 Å². The van der Waals surface area contributed by atoms with Gasteiger partial charge in [-0.05, 0) is 31.9 Å². The first kappa shape index (κ1) is 24.4. The van der Waals surface area contributed by atoms with E-state index in [0.29, 0.717) is 39.5 Å². The molecule has 0 saturated carbocycles. The number of fused-ring (bicyclic) bond motifs is 6. The summed E-state index contributed by atoms with van der Waals surface area (Å²) in [5.74, 6) is -2.34. The Hall–Kier alpha value is -3.91. The van der Waals surface area contributed by atoms with E-state index in [2.05, 4.69) is 11.2 Å². The third-order valence-electron chi connectivity index (χ3n) is 8.20. The Balaban J connectivity index is 1.29. The van der Waals surface area contributed by atoms with Gasteiger partial charge in [0.15, 0.2) is 0 Å². The Bertz CT molecular complexity index is 1540. The Labute approximate surface area is 215 Å². The smallest absolute Gasteiger partial charge is 0.433 e. The summed E-state index contributed by atoms with van der Waals surface area (Å²) in [6.07, 6.45) is -3.27. The van der Waals surface area contributed by atoms with Crippen molar-refractivity contribution in [1.82, 2.24) is 9.78 Å². The Morgan fingerprint density at radius 2 is 1.84 bits per heavy atom. The monoisotopic (exact) mass is 524 g/mol. The molecular weight excluding hydrogens is 501 g/mol. The molecule has 3 fully saturated rings. The molecule has 0 radical (unpaired) electrons. The molecule has 4 atom stereocenters. The van der Waals surface area contributed by atoms with Gasteiger partial charge < -0.3 is 9.47 Å². The summed E-state index contributed by atoms with van der Waals surface area (Å²) >= 11 is 0. The number of carbonyl (C=O) groups is 2. The van der Waals surface area contributed by atoms with Crippen LogP contribution in [0.2, 0.25) is 0 Å². The third-order valence-corrected chi connectivity index (χ3v) is 8.20. The predicted molar refractivity (Wildman–Crippen MR) is 128 cm³/mol. The average Bonchev–Trinajstić information content (AvgIpc) is 3.57. The summed E-state index contributed by atoms with van der Waals surface area (Å²) in [7, 11) is 1.19. The number of ether oxygens (including phenoxy) is 2. The molecule has 11 heteroatoms. The second kappa shape index (κ2) is 8.04. The van der Waals surface area contributed by atoms with E-state index in [9.17, 15) is 28.0 Å². The summed E-state index contributed by atoms with van der Waals surface area (Å²) in [6, 6.07) is 13.3. The number of rotatable bonds is 5. The van der Waals surface area contributed by atoms with Gasteiger partial charge in [0.05, 0.1) is 47.0 Å². The number of nitriles is 1. The number of aromatic nitrogens is 2. The molecule has 4 unspecified atom stereocenters. The van der Waals surface area contributed by atoms with Crippen LogP contribution >= 0.6 is 0 Å². The fraction of sp³-hybridized carbons (Fsp3) is 0.407. The van der Waals surface area contributed by atoms with Gasteiger partial charge in [0.1, 0.15) is 5.69 Å². The molecular formula is C27H23F3N4O4. The molecule has 3 aliphatic rings. The maximum atomic E-state index is 13.9. The number of hydrogen-bond donors (Lipinski definition) is 0. The van der Waals surface area contributed by atoms with Crippen molar-refractivity contribution in [2.45, 2.75) is 43.6 Å². The molecule has 2 bridgehead atoms. The second-order valence-corrected chi connectivity index (χ2v) is 10.3. The first-order valence-electron chi connectivity index (χ1n) is 12.2. The Morgan fingerprint density at radius 1 is 1.13 bits per heavy atom. The van der Waals surface area contributed by atoms with Crippen LogP contribution in [0.3, 0.4) is 0 Å². The zero-order valence-corrected chi connectivity index (χ0v) is 20.6. The van der Waals surface area contributed by atoms with E-state index in [1.165, 1.54) is 11.9 Å². The lowest BCUT2D eigenvalue weighted by Crippen LogP contribution is -2.43. The molecule has 0 aliphatic carbocycles. The van der Waals surface area contributed by atoms with Crippen molar-refractivity contribution in [2.75, 3.05) is 11.5 Å². The Morgan fingerprint density at radius 3 is 2.53 bits per heavy atom. The fourth-order valence-electron chi connectivity index (χ4n) is 6.53. The molecule has 6 rings (SSSR count). The van der Waals surface area contributed by atoms with Gasteiger partial charge in [-0.15, -0.1) is 5.10 Å². The highest BCUT2D eigenvalue weighted by molar-refractivity contribution is 6.26. The van der Waals surface area contributed by atoms with E-state index in [1.54, 1.807) is 36.4 Å². The molecule has 3 aromatic rings. The maximum absolute atomic E-state index is 13.9. The number of amides is 2. The Kier molecular flexibility index (Phi) is 5.17. The number of benzene rings is 2. The molecule has 38 heavy (non-hydrogen) atoms. The highest BCUT2D eigenvalue weighted by Gasteiger charge is 2.73. The minimum atomic E-state index is -4.56. The molecule has 2 aromatic carbocycles. The highest BCUT2D eigenvalue weighted by atomic mass is 19.4. The molecule has 8 nitrogen and oxygen atoms in total. The maximum Gasteiger partial charge on any atom is 0.433 e. The molecule has 2 amide bonds. The lowest BCUT2D eigenvalue weighted by molar-refractivity contribution is -0.143. The summed E-state index contributed by atoms with van der Waals surface area (Å²) in [4.78, 5) is 28.9. The van der Waals surface area contributed by atoms with E-state index < -0.39 is 34.9 Å². The zero-order valence-electron chi connectivity index (χ0n) is 20.6. The first-order chi connectivity index (χ1) is 18.0. The van der Waals surface area contributed by atoms with E-state index in [4.69, 9.17) is 9.47 Å². The lowest BCUT2D eigenvalue weighted by Gasteiger charge is -2.31. The van der Waals surface area contributed by atoms with Gasteiger partial charge in [0, 0.05) is 30.3 Å². The summed E-state index contributed by atoms with van der Waals surface area (Å²) in [6.45, 7) is 1.80. The third kappa shape index (κ3) is 3.36. The summed E-state index contributed by atoms with van der Waals surface area (Å²) < 4.78 is 52.0. The van der Waals surface area contributed by atoms with Gasteiger partial charge in [0.25, 0.3) is 0 Å². The van der Waals surface area contributed by atoms with Gasteiger partial charge in [-0.2, -0.15) is 18.4 Å². The normalized spacial score (nSPS) is 28.3. The van der Waals surface area contributed by atoms with Gasteiger partial charge in [0.2, 0.25) is 17.7 Å². The van der Waals surface area contributed by atoms with Crippen molar-refractivity contribution in [2.24, 2.45) is 18.9 Å². The SMILES string of the molecule is Cn1nc(OCCC23CCC(C)(O2)C2C(=O)N(c4ccc(C#N)c5ccccc45)C(=O)C23)cc1C(F)(F)F. The van der Waals surface area contributed by atoms with E-state index in [-0.39, 0.29) is 30.7 Å². The molecule has 1 aromatic heterocycles. The number of nitrogens with zero attached hydrogens (tertiary/aromatic N) is 4. The van der Waals surface area contributed by atoms with Crippen LogP contribution in [0, 0.1) is 23.2 Å². The van der Waals surface area contributed by atoms with E-state index >= 15 is 0 Å². The van der Waals surface area contributed by atoms with Gasteiger partial charge in [-0.25, -0.2) is 4.90 Å². The van der Waals surface area contributed by atoms with Crippen LogP contribution in [0.25, 0.3) is 10.8 Å². The standard InChI is InChI=1S/C27H23F3N4O4/c1-25-9-10-26(38-25,11-12-37-20-13-19(27(28,29)30)33(2)32-20)22-21(25)23(35)34(24(22)36)18-8-7-15(14-31)16-5-3-4-6-17(16)18/h3-8,13,21-22H,9-12H2,1-2H3. The predicted octanol–water partition coefficient (Wildman–Crippen LogP) is 4.36. The van der Waals surface area contributed by atoms with Crippen LogP contribution in [0.4, 0.5) is 18.9 Å². The second-order valence-electron chi connectivity index (χ2n) is 10.3. The molecule has 3 aliphatic heterocycles. The van der Waals surface area contributed by atoms with Crippen molar-refractivity contribution in [1.29, 1.82) is 5.26 Å². The van der Waals surface area contributed by atoms with Crippen LogP contribution in [0.1, 0.15) is 37.4 Å². The number of carbonyl (C=O) groups excluding carboxylic acids is 2. The largest absolute Gasteiger partial charge is 0.476 e. The number of anilines is 1. The van der Waals surface area contributed by atoms with Gasteiger partial charge in [-0.1, -0.05) is 24.3 Å². The number of hydrogen-bond acceptors (Lipinski definition) is 6. The summed E-state index contributed by atoms with van der Waals surface area (Å²) in [5, 5.41) is 14.6. The topological polar surface area (TPSA) is 97.4 Å².